The molecule has 0 heterocycles. The monoisotopic (exact) mass is 590 g/mol. The second-order valence-corrected chi connectivity index (χ2v) is 13.9. The number of rotatable bonds is 3. The third-order valence-electron chi connectivity index (χ3n) is 9.93. The average molecular weight is 591 g/mol. The second kappa shape index (κ2) is 10.7. The highest BCUT2D eigenvalue weighted by atomic mass is 14.2. The van der Waals surface area contributed by atoms with E-state index in [0.29, 0.717) is 0 Å². The summed E-state index contributed by atoms with van der Waals surface area (Å²) in [5.74, 6) is 0. The van der Waals surface area contributed by atoms with E-state index in [1.54, 1.807) is 0 Å². The maximum absolute atomic E-state index is 2.45. The van der Waals surface area contributed by atoms with Crippen molar-refractivity contribution in [3.8, 4) is 33.4 Å². The van der Waals surface area contributed by atoms with Gasteiger partial charge in [-0.2, -0.15) is 0 Å². The third kappa shape index (κ3) is 4.60. The minimum absolute atomic E-state index is 0.117. The first-order valence-corrected chi connectivity index (χ1v) is 16.4. The topological polar surface area (TPSA) is 0 Å². The lowest BCUT2D eigenvalue weighted by atomic mass is 9.81. The lowest BCUT2D eigenvalue weighted by molar-refractivity contribution is 0.590. The predicted octanol–water partition coefficient (Wildman–Crippen LogP) is 13.2. The molecule has 0 amide bonds. The third-order valence-corrected chi connectivity index (χ3v) is 9.93. The quantitative estimate of drug-likeness (QED) is 0.180. The highest BCUT2D eigenvalue weighted by Crippen LogP contribution is 2.48. The summed E-state index contributed by atoms with van der Waals surface area (Å²) in [5.41, 5.74) is 11.7. The van der Waals surface area contributed by atoms with Crippen LogP contribution in [0.25, 0.3) is 76.5 Å². The first-order chi connectivity index (χ1) is 22.3. The molecule has 8 aromatic rings. The van der Waals surface area contributed by atoms with E-state index in [4.69, 9.17) is 0 Å². The van der Waals surface area contributed by atoms with E-state index in [1.165, 1.54) is 93.2 Å². The molecule has 0 nitrogen and oxygen atoms in total. The number of benzene rings is 8. The summed E-state index contributed by atoms with van der Waals surface area (Å²) in [6.07, 6.45) is 0. The van der Waals surface area contributed by atoms with Gasteiger partial charge in [-0.3, -0.25) is 0 Å². The lowest BCUT2D eigenvalue weighted by Crippen LogP contribution is -2.10. The number of hydrogen-bond acceptors (Lipinski definition) is 0. The first-order valence-electron chi connectivity index (χ1n) is 16.4. The van der Waals surface area contributed by atoms with E-state index in [9.17, 15) is 0 Å². The average Bonchev–Trinajstić information content (AvgIpc) is 3.07. The Bertz CT molecular complexity index is 2440. The molecule has 0 aromatic heterocycles. The standard InChI is InChI=1S/C46H38/c1-29-26-41-42(27-30(29)2)45(39-19-11-15-33-13-7-9-17-37(33)39)43-28-34(31-20-23-35(24-21-31)46(3,4)5)22-25-40(43)44(41)38-18-10-14-32-12-6-8-16-36(32)38/h6-28H,1-5H3. The number of aryl methyl sites for hydroxylation is 2. The fraction of sp³-hybridized carbons (Fsp3) is 0.130. The van der Waals surface area contributed by atoms with Crippen molar-refractivity contribution in [2.45, 2.75) is 40.0 Å². The van der Waals surface area contributed by atoms with Gasteiger partial charge in [-0.05, 0) is 118 Å². The van der Waals surface area contributed by atoms with Gasteiger partial charge in [0.1, 0.15) is 0 Å². The van der Waals surface area contributed by atoms with Gasteiger partial charge in [0, 0.05) is 0 Å². The summed E-state index contributed by atoms with van der Waals surface area (Å²) in [4.78, 5) is 0. The Morgan fingerprint density at radius 3 is 1.37 bits per heavy atom. The van der Waals surface area contributed by atoms with Crippen molar-refractivity contribution >= 4 is 43.1 Å². The zero-order valence-electron chi connectivity index (χ0n) is 27.3. The fourth-order valence-electron chi connectivity index (χ4n) is 7.30. The molecule has 8 rings (SSSR count). The Hall–Kier alpha value is -5.20. The van der Waals surface area contributed by atoms with Crippen LogP contribution in [0.3, 0.4) is 0 Å². The van der Waals surface area contributed by atoms with E-state index >= 15 is 0 Å². The van der Waals surface area contributed by atoms with Crippen molar-refractivity contribution in [3.63, 3.8) is 0 Å². The van der Waals surface area contributed by atoms with Crippen LogP contribution in [0, 0.1) is 13.8 Å². The van der Waals surface area contributed by atoms with Crippen molar-refractivity contribution in [2.24, 2.45) is 0 Å². The second-order valence-electron chi connectivity index (χ2n) is 13.9. The van der Waals surface area contributed by atoms with Crippen molar-refractivity contribution in [2.75, 3.05) is 0 Å². The van der Waals surface area contributed by atoms with Gasteiger partial charge < -0.3 is 0 Å². The molecule has 0 aliphatic rings. The molecule has 0 saturated heterocycles. The van der Waals surface area contributed by atoms with Crippen molar-refractivity contribution in [1.29, 1.82) is 0 Å². The van der Waals surface area contributed by atoms with Gasteiger partial charge in [-0.15, -0.1) is 0 Å². The van der Waals surface area contributed by atoms with Gasteiger partial charge in [-0.1, -0.05) is 154 Å². The summed E-state index contributed by atoms with van der Waals surface area (Å²) < 4.78 is 0. The summed E-state index contributed by atoms with van der Waals surface area (Å²) >= 11 is 0. The molecule has 0 fully saturated rings. The van der Waals surface area contributed by atoms with Gasteiger partial charge >= 0.3 is 0 Å². The van der Waals surface area contributed by atoms with E-state index in [0.717, 1.165) is 0 Å². The Kier molecular flexibility index (Phi) is 6.59. The van der Waals surface area contributed by atoms with Crippen molar-refractivity contribution in [1.82, 2.24) is 0 Å². The molecule has 0 radical (unpaired) electrons. The largest absolute Gasteiger partial charge is 0.0616 e. The smallest absolute Gasteiger partial charge is 0.00198 e. The fourth-order valence-corrected chi connectivity index (χ4v) is 7.30. The molecule has 0 heteroatoms. The molecule has 0 atom stereocenters. The Morgan fingerprint density at radius 2 is 0.826 bits per heavy atom. The molecular weight excluding hydrogens is 553 g/mol. The molecule has 222 valence electrons. The number of fused-ring (bicyclic) bond motifs is 4. The van der Waals surface area contributed by atoms with Crippen LogP contribution in [-0.2, 0) is 5.41 Å². The molecule has 0 bridgehead atoms. The zero-order chi connectivity index (χ0) is 31.6. The molecule has 0 saturated carbocycles. The molecule has 0 aliphatic heterocycles. The highest BCUT2D eigenvalue weighted by Gasteiger charge is 2.21. The maximum atomic E-state index is 2.45. The molecular formula is C46H38. The highest BCUT2D eigenvalue weighted by molar-refractivity contribution is 6.25. The van der Waals surface area contributed by atoms with E-state index < -0.39 is 0 Å². The summed E-state index contributed by atoms with van der Waals surface area (Å²) in [6.45, 7) is 11.3. The van der Waals surface area contributed by atoms with Gasteiger partial charge in [-0.25, -0.2) is 0 Å². The summed E-state index contributed by atoms with van der Waals surface area (Å²) in [6, 6.07) is 52.3. The van der Waals surface area contributed by atoms with Crippen molar-refractivity contribution in [3.05, 3.63) is 156 Å². The van der Waals surface area contributed by atoms with E-state index in [1.807, 2.05) is 0 Å². The van der Waals surface area contributed by atoms with Crippen LogP contribution in [0.4, 0.5) is 0 Å². The van der Waals surface area contributed by atoms with Gasteiger partial charge in [0.2, 0.25) is 0 Å². The normalized spacial score (nSPS) is 12.0. The predicted molar refractivity (Wildman–Crippen MR) is 201 cm³/mol. The van der Waals surface area contributed by atoms with Crippen LogP contribution in [0.2, 0.25) is 0 Å². The van der Waals surface area contributed by atoms with Crippen LogP contribution >= 0.6 is 0 Å². The minimum atomic E-state index is 0.117. The van der Waals surface area contributed by atoms with Gasteiger partial charge in [0.15, 0.2) is 0 Å². The molecule has 0 aliphatic carbocycles. The van der Waals surface area contributed by atoms with Crippen LogP contribution in [0.15, 0.2) is 140 Å². The van der Waals surface area contributed by atoms with Gasteiger partial charge in [0.25, 0.3) is 0 Å². The Labute approximate surface area is 272 Å². The molecule has 8 aromatic carbocycles. The van der Waals surface area contributed by atoms with Crippen LogP contribution in [0.5, 0.6) is 0 Å². The Morgan fingerprint density at radius 1 is 0.370 bits per heavy atom. The molecule has 0 spiro atoms. The van der Waals surface area contributed by atoms with Gasteiger partial charge in [0.05, 0.1) is 0 Å². The molecule has 0 unspecified atom stereocenters. The van der Waals surface area contributed by atoms with Crippen molar-refractivity contribution < 1.29 is 0 Å². The zero-order valence-corrected chi connectivity index (χ0v) is 27.3. The minimum Gasteiger partial charge on any atom is -0.0616 e. The van der Waals surface area contributed by atoms with Crippen LogP contribution < -0.4 is 0 Å². The molecule has 46 heavy (non-hydrogen) atoms. The summed E-state index contributed by atoms with van der Waals surface area (Å²) in [7, 11) is 0. The lowest BCUT2D eigenvalue weighted by Gasteiger charge is -2.22. The SMILES string of the molecule is Cc1cc2c(-c3cccc4ccccc34)c3ccc(-c4ccc(C(C)(C)C)cc4)cc3c(-c3cccc4ccccc34)c2cc1C. The number of hydrogen-bond donors (Lipinski definition) is 0. The van der Waals surface area contributed by atoms with Crippen LogP contribution in [-0.4, -0.2) is 0 Å². The van der Waals surface area contributed by atoms with E-state index in [2.05, 4.69) is 174 Å². The Balaban J connectivity index is 1.55. The first kappa shape index (κ1) is 28.3. The van der Waals surface area contributed by atoms with E-state index in [-0.39, 0.29) is 5.41 Å². The van der Waals surface area contributed by atoms with Crippen LogP contribution in [0.1, 0.15) is 37.5 Å². The summed E-state index contributed by atoms with van der Waals surface area (Å²) in [5, 5.41) is 10.3. The molecule has 0 N–H and O–H groups in total. The maximum Gasteiger partial charge on any atom is -0.00198 e.